The fraction of sp³-hybridized carbons (Fsp3) is 0.941. The SMILES string of the molecule is CN=C(NCCN1CCCC(C)C1)NCC1CCN(S(=O)(=O)C(F)(F)F)CC1.I. The largest absolute Gasteiger partial charge is 0.511 e. The van der Waals surface area contributed by atoms with Crippen molar-refractivity contribution in [3.05, 3.63) is 0 Å². The van der Waals surface area contributed by atoms with E-state index in [9.17, 15) is 21.6 Å². The van der Waals surface area contributed by atoms with Gasteiger partial charge < -0.3 is 15.5 Å². The zero-order valence-corrected chi connectivity index (χ0v) is 20.2. The second-order valence-corrected chi connectivity index (χ2v) is 9.65. The summed E-state index contributed by atoms with van der Waals surface area (Å²) >= 11 is 0. The highest BCUT2D eigenvalue weighted by Gasteiger charge is 2.50. The third kappa shape index (κ3) is 8.02. The van der Waals surface area contributed by atoms with Crippen LogP contribution in [0.15, 0.2) is 4.99 Å². The minimum absolute atomic E-state index is 0. The molecule has 12 heteroatoms. The van der Waals surface area contributed by atoms with Crippen LogP contribution in [0.1, 0.15) is 32.6 Å². The maximum absolute atomic E-state index is 12.6. The predicted octanol–water partition coefficient (Wildman–Crippen LogP) is 2.06. The number of likely N-dealkylation sites (tertiary alicyclic amines) is 1. The molecule has 2 aliphatic heterocycles. The van der Waals surface area contributed by atoms with Crippen LogP contribution in [0.25, 0.3) is 0 Å². The van der Waals surface area contributed by atoms with E-state index in [0.29, 0.717) is 29.7 Å². The molecule has 1 unspecified atom stereocenters. The van der Waals surface area contributed by atoms with Gasteiger partial charge in [-0.15, -0.1) is 24.0 Å². The topological polar surface area (TPSA) is 77.0 Å². The summed E-state index contributed by atoms with van der Waals surface area (Å²) in [6, 6.07) is 0. The smallest absolute Gasteiger partial charge is 0.356 e. The molecular formula is C17H33F3IN5O2S. The van der Waals surface area contributed by atoms with E-state index in [0.717, 1.165) is 32.1 Å². The van der Waals surface area contributed by atoms with Crippen molar-refractivity contribution >= 4 is 40.0 Å². The van der Waals surface area contributed by atoms with E-state index in [1.165, 1.54) is 12.8 Å². The first-order chi connectivity index (χ1) is 13.1. The van der Waals surface area contributed by atoms with Crippen LogP contribution in [-0.4, -0.2) is 82.0 Å². The summed E-state index contributed by atoms with van der Waals surface area (Å²) in [5.41, 5.74) is -5.23. The Morgan fingerprint density at radius 3 is 2.34 bits per heavy atom. The first kappa shape index (κ1) is 26.7. The molecule has 2 aliphatic rings. The molecule has 0 amide bonds. The first-order valence-corrected chi connectivity index (χ1v) is 11.3. The molecular weight excluding hydrogens is 522 g/mol. The molecule has 29 heavy (non-hydrogen) atoms. The molecule has 2 N–H and O–H groups in total. The van der Waals surface area contributed by atoms with Crippen LogP contribution in [0, 0.1) is 11.8 Å². The predicted molar refractivity (Wildman–Crippen MR) is 119 cm³/mol. The lowest BCUT2D eigenvalue weighted by atomic mass is 9.98. The summed E-state index contributed by atoms with van der Waals surface area (Å²) < 4.78 is 61.3. The number of aliphatic imine (C=N–C) groups is 1. The number of halogens is 4. The van der Waals surface area contributed by atoms with E-state index in [-0.39, 0.29) is 43.0 Å². The van der Waals surface area contributed by atoms with Gasteiger partial charge >= 0.3 is 15.5 Å². The molecule has 0 bridgehead atoms. The summed E-state index contributed by atoms with van der Waals surface area (Å²) in [4.78, 5) is 6.61. The minimum atomic E-state index is -5.23. The van der Waals surface area contributed by atoms with E-state index >= 15 is 0 Å². The summed E-state index contributed by atoms with van der Waals surface area (Å²) in [6.07, 6.45) is 3.31. The van der Waals surface area contributed by atoms with Gasteiger partial charge in [0.05, 0.1) is 0 Å². The number of hydrogen-bond acceptors (Lipinski definition) is 4. The van der Waals surface area contributed by atoms with Crippen LogP contribution in [0.2, 0.25) is 0 Å². The zero-order chi connectivity index (χ0) is 20.8. The Morgan fingerprint density at radius 2 is 1.79 bits per heavy atom. The van der Waals surface area contributed by atoms with Crippen molar-refractivity contribution in [2.75, 3.05) is 52.9 Å². The molecule has 2 rings (SSSR count). The second kappa shape index (κ2) is 11.9. The third-order valence-electron chi connectivity index (χ3n) is 5.45. The molecule has 2 fully saturated rings. The van der Waals surface area contributed by atoms with Crippen LogP contribution in [0.4, 0.5) is 13.2 Å². The van der Waals surface area contributed by atoms with Crippen LogP contribution >= 0.6 is 24.0 Å². The van der Waals surface area contributed by atoms with Crippen molar-refractivity contribution in [2.24, 2.45) is 16.8 Å². The monoisotopic (exact) mass is 555 g/mol. The van der Waals surface area contributed by atoms with Crippen LogP contribution in [0.3, 0.4) is 0 Å². The Labute approximate surface area is 188 Å². The standard InChI is InChI=1S/C17H32F3N5O2S.HI/c1-14-4-3-8-24(13-14)11-7-22-16(21-2)23-12-15-5-9-25(10-6-15)28(26,27)17(18,19)20;/h14-15H,3-13H2,1-2H3,(H2,21,22,23);1H. The molecule has 0 spiro atoms. The quantitative estimate of drug-likeness (QED) is 0.298. The summed E-state index contributed by atoms with van der Waals surface area (Å²) in [7, 11) is -3.54. The Morgan fingerprint density at radius 1 is 1.14 bits per heavy atom. The third-order valence-corrected chi connectivity index (χ3v) is 7.08. The van der Waals surface area contributed by atoms with Crippen molar-refractivity contribution in [2.45, 2.75) is 38.1 Å². The van der Waals surface area contributed by atoms with Crippen molar-refractivity contribution in [1.29, 1.82) is 0 Å². The molecule has 172 valence electrons. The maximum Gasteiger partial charge on any atom is 0.511 e. The van der Waals surface area contributed by atoms with Crippen molar-refractivity contribution in [3.63, 3.8) is 0 Å². The molecule has 0 saturated carbocycles. The number of piperidine rings is 2. The van der Waals surface area contributed by atoms with Gasteiger partial charge in [0, 0.05) is 46.3 Å². The number of hydrogen-bond donors (Lipinski definition) is 2. The Hall–Kier alpha value is -0.340. The number of nitrogens with zero attached hydrogens (tertiary/aromatic N) is 3. The van der Waals surface area contributed by atoms with Crippen molar-refractivity contribution in [3.8, 4) is 0 Å². The Balaban J connectivity index is 0.00000420. The maximum atomic E-state index is 12.6. The van der Waals surface area contributed by atoms with E-state index in [2.05, 4.69) is 27.4 Å². The average Bonchev–Trinajstić information content (AvgIpc) is 2.64. The van der Waals surface area contributed by atoms with E-state index in [1.54, 1.807) is 7.05 Å². The van der Waals surface area contributed by atoms with Crippen molar-refractivity contribution in [1.82, 2.24) is 19.8 Å². The molecule has 0 aromatic heterocycles. The molecule has 1 atom stereocenters. The van der Waals surface area contributed by atoms with Crippen LogP contribution < -0.4 is 10.6 Å². The Bertz CT molecular complexity index is 625. The van der Waals surface area contributed by atoms with E-state index in [4.69, 9.17) is 0 Å². The fourth-order valence-corrected chi connectivity index (χ4v) is 4.77. The second-order valence-electron chi connectivity index (χ2n) is 7.72. The first-order valence-electron chi connectivity index (χ1n) is 9.86. The van der Waals surface area contributed by atoms with Gasteiger partial charge in [-0.25, -0.2) is 8.42 Å². The minimum Gasteiger partial charge on any atom is -0.356 e. The van der Waals surface area contributed by atoms with E-state index < -0.39 is 15.5 Å². The van der Waals surface area contributed by atoms with E-state index in [1.807, 2.05) is 0 Å². The number of guanidine groups is 1. The van der Waals surface area contributed by atoms with Gasteiger partial charge in [-0.3, -0.25) is 4.99 Å². The summed E-state index contributed by atoms with van der Waals surface area (Å²) in [5.74, 6) is 1.51. The van der Waals surface area contributed by atoms with Gasteiger partial charge in [-0.2, -0.15) is 17.5 Å². The molecule has 0 aromatic carbocycles. The fourth-order valence-electron chi connectivity index (χ4n) is 3.78. The normalized spacial score (nSPS) is 23.5. The Kier molecular flexibility index (Phi) is 10.9. The summed E-state index contributed by atoms with van der Waals surface area (Å²) in [6.45, 7) is 6.57. The number of rotatable bonds is 6. The number of alkyl halides is 3. The highest BCUT2D eigenvalue weighted by atomic mass is 127. The van der Waals surface area contributed by atoms with Gasteiger partial charge in [-0.1, -0.05) is 6.92 Å². The van der Waals surface area contributed by atoms with Gasteiger partial charge in [0.15, 0.2) is 5.96 Å². The van der Waals surface area contributed by atoms with Crippen LogP contribution in [-0.2, 0) is 10.0 Å². The van der Waals surface area contributed by atoms with Gasteiger partial charge in [-0.05, 0) is 44.1 Å². The van der Waals surface area contributed by atoms with Gasteiger partial charge in [0.25, 0.3) is 0 Å². The molecule has 2 heterocycles. The molecule has 2 saturated heterocycles. The molecule has 0 radical (unpaired) electrons. The molecule has 7 nitrogen and oxygen atoms in total. The van der Waals surface area contributed by atoms with Crippen molar-refractivity contribution < 1.29 is 21.6 Å². The van der Waals surface area contributed by atoms with Crippen LogP contribution in [0.5, 0.6) is 0 Å². The van der Waals surface area contributed by atoms with Gasteiger partial charge in [0.2, 0.25) is 0 Å². The van der Waals surface area contributed by atoms with Gasteiger partial charge in [0.1, 0.15) is 0 Å². The zero-order valence-electron chi connectivity index (χ0n) is 17.0. The lowest BCUT2D eigenvalue weighted by Crippen LogP contribution is -2.48. The lowest BCUT2D eigenvalue weighted by molar-refractivity contribution is -0.0496. The number of nitrogens with one attached hydrogen (secondary N) is 2. The molecule has 0 aromatic rings. The lowest BCUT2D eigenvalue weighted by Gasteiger charge is -2.32. The number of sulfonamides is 1. The highest BCUT2D eigenvalue weighted by Crippen LogP contribution is 2.30. The highest BCUT2D eigenvalue weighted by molar-refractivity contribution is 14.0. The average molecular weight is 555 g/mol. The summed E-state index contributed by atoms with van der Waals surface area (Å²) in [5, 5.41) is 6.47. The molecule has 0 aliphatic carbocycles.